The highest BCUT2D eigenvalue weighted by Crippen LogP contribution is 2.32. The van der Waals surface area contributed by atoms with Gasteiger partial charge in [-0.1, -0.05) is 0 Å². The van der Waals surface area contributed by atoms with E-state index >= 15 is 0 Å². The molecule has 0 aliphatic rings. The van der Waals surface area contributed by atoms with Crippen LogP contribution in [0.15, 0.2) is 21.1 Å². The maximum atomic E-state index is 11.6. The summed E-state index contributed by atoms with van der Waals surface area (Å²) in [5.41, 5.74) is 1.66. The first kappa shape index (κ1) is 16.0. The predicted octanol–water partition coefficient (Wildman–Crippen LogP) is 3.20. The van der Waals surface area contributed by atoms with E-state index in [1.165, 1.54) is 0 Å². The summed E-state index contributed by atoms with van der Waals surface area (Å²) in [6.45, 7) is 3.77. The molecule has 0 aliphatic heterocycles. The SMILES string of the molecule is CCOC(=O)CNC(=O)Nc1c(Br)cc(C)cc1Br. The first-order chi connectivity index (χ1) is 8.93. The van der Waals surface area contributed by atoms with Crippen LogP contribution in [-0.4, -0.2) is 25.2 Å². The highest BCUT2D eigenvalue weighted by Gasteiger charge is 2.11. The van der Waals surface area contributed by atoms with Gasteiger partial charge in [-0.3, -0.25) is 4.79 Å². The summed E-state index contributed by atoms with van der Waals surface area (Å²) in [4.78, 5) is 22.7. The standard InChI is InChI=1S/C12H14Br2N2O3/c1-3-19-10(17)6-15-12(18)16-11-8(13)4-7(2)5-9(11)14/h4-5H,3,6H2,1-2H3,(H2,15,16,18). The zero-order chi connectivity index (χ0) is 14.4. The lowest BCUT2D eigenvalue weighted by Gasteiger charge is -2.11. The summed E-state index contributed by atoms with van der Waals surface area (Å²) in [6.07, 6.45) is 0. The van der Waals surface area contributed by atoms with Crippen molar-refractivity contribution < 1.29 is 14.3 Å². The van der Waals surface area contributed by atoms with Crippen LogP contribution in [0.4, 0.5) is 10.5 Å². The summed E-state index contributed by atoms with van der Waals surface area (Å²) < 4.78 is 6.22. The number of rotatable bonds is 4. The van der Waals surface area contributed by atoms with Gasteiger partial charge in [0.05, 0.1) is 12.3 Å². The van der Waals surface area contributed by atoms with Crippen molar-refractivity contribution in [2.24, 2.45) is 0 Å². The number of halogens is 2. The molecule has 1 aromatic rings. The fourth-order valence-corrected chi connectivity index (χ4v) is 2.96. The van der Waals surface area contributed by atoms with Gasteiger partial charge >= 0.3 is 12.0 Å². The van der Waals surface area contributed by atoms with Crippen molar-refractivity contribution in [2.45, 2.75) is 13.8 Å². The van der Waals surface area contributed by atoms with Crippen LogP contribution in [0.5, 0.6) is 0 Å². The molecule has 0 fully saturated rings. The lowest BCUT2D eigenvalue weighted by atomic mass is 10.2. The van der Waals surface area contributed by atoms with Gasteiger partial charge in [-0.2, -0.15) is 0 Å². The van der Waals surface area contributed by atoms with E-state index in [0.717, 1.165) is 14.5 Å². The molecule has 0 bridgehead atoms. The molecule has 0 spiro atoms. The van der Waals surface area contributed by atoms with E-state index in [-0.39, 0.29) is 13.2 Å². The first-order valence-electron chi connectivity index (χ1n) is 5.60. The molecule has 0 heterocycles. The average Bonchev–Trinajstić information content (AvgIpc) is 2.31. The Morgan fingerprint density at radius 3 is 2.37 bits per heavy atom. The van der Waals surface area contributed by atoms with E-state index in [9.17, 15) is 9.59 Å². The van der Waals surface area contributed by atoms with Crippen LogP contribution >= 0.6 is 31.9 Å². The molecule has 2 N–H and O–H groups in total. The number of esters is 1. The third-order valence-corrected chi connectivity index (χ3v) is 3.37. The van der Waals surface area contributed by atoms with Crippen molar-refractivity contribution in [1.82, 2.24) is 5.32 Å². The van der Waals surface area contributed by atoms with Crippen molar-refractivity contribution >= 4 is 49.5 Å². The van der Waals surface area contributed by atoms with E-state index in [2.05, 4.69) is 42.5 Å². The second kappa shape index (κ2) is 7.49. The van der Waals surface area contributed by atoms with Crippen LogP contribution in [0, 0.1) is 6.92 Å². The van der Waals surface area contributed by atoms with Crippen LogP contribution in [0.25, 0.3) is 0 Å². The molecular weight excluding hydrogens is 380 g/mol. The Kier molecular flexibility index (Phi) is 6.30. The lowest BCUT2D eigenvalue weighted by molar-refractivity contribution is -0.141. The number of anilines is 1. The van der Waals surface area contributed by atoms with Crippen LogP contribution in [0.2, 0.25) is 0 Å². The number of urea groups is 1. The minimum absolute atomic E-state index is 0.166. The van der Waals surface area contributed by atoms with E-state index in [1.54, 1.807) is 6.92 Å². The Balaban J connectivity index is 2.60. The highest BCUT2D eigenvalue weighted by atomic mass is 79.9. The van der Waals surface area contributed by atoms with Gasteiger partial charge in [0.15, 0.2) is 0 Å². The molecule has 0 saturated heterocycles. The number of benzene rings is 1. The summed E-state index contributed by atoms with van der Waals surface area (Å²) in [5, 5.41) is 5.07. The molecule has 0 aromatic heterocycles. The predicted molar refractivity (Wildman–Crippen MR) is 80.2 cm³/mol. The zero-order valence-corrected chi connectivity index (χ0v) is 13.7. The number of ether oxygens (including phenoxy) is 1. The minimum atomic E-state index is -0.474. The molecule has 0 saturated carbocycles. The van der Waals surface area contributed by atoms with Gasteiger partial charge in [-0.15, -0.1) is 0 Å². The van der Waals surface area contributed by atoms with Crippen molar-refractivity contribution in [3.63, 3.8) is 0 Å². The molecule has 7 heteroatoms. The Morgan fingerprint density at radius 2 is 1.84 bits per heavy atom. The van der Waals surface area contributed by atoms with E-state index < -0.39 is 12.0 Å². The quantitative estimate of drug-likeness (QED) is 0.771. The lowest BCUT2D eigenvalue weighted by Crippen LogP contribution is -2.34. The van der Waals surface area contributed by atoms with Crippen LogP contribution in [0.1, 0.15) is 12.5 Å². The van der Waals surface area contributed by atoms with Gasteiger partial charge in [-0.25, -0.2) is 4.79 Å². The summed E-state index contributed by atoms with van der Waals surface area (Å²) in [7, 11) is 0. The molecule has 0 aliphatic carbocycles. The molecular formula is C12H14Br2N2O3. The monoisotopic (exact) mass is 392 g/mol. The second-order valence-electron chi connectivity index (χ2n) is 3.72. The molecule has 5 nitrogen and oxygen atoms in total. The number of hydrogen-bond donors (Lipinski definition) is 2. The fraction of sp³-hybridized carbons (Fsp3) is 0.333. The minimum Gasteiger partial charge on any atom is -0.465 e. The molecule has 0 unspecified atom stereocenters. The molecule has 1 rings (SSSR count). The number of hydrogen-bond acceptors (Lipinski definition) is 3. The van der Waals surface area contributed by atoms with Crippen LogP contribution < -0.4 is 10.6 Å². The second-order valence-corrected chi connectivity index (χ2v) is 5.42. The van der Waals surface area contributed by atoms with Gasteiger partial charge < -0.3 is 15.4 Å². The van der Waals surface area contributed by atoms with Gasteiger partial charge in [0.1, 0.15) is 6.54 Å². The Hall–Kier alpha value is -1.08. The number of aryl methyl sites for hydroxylation is 1. The number of amides is 2. The maximum absolute atomic E-state index is 11.6. The average molecular weight is 394 g/mol. The summed E-state index contributed by atoms with van der Waals surface area (Å²) in [6, 6.07) is 3.29. The molecule has 0 atom stereocenters. The van der Waals surface area contributed by atoms with Crippen LogP contribution in [-0.2, 0) is 9.53 Å². The van der Waals surface area contributed by atoms with E-state index in [0.29, 0.717) is 5.69 Å². The van der Waals surface area contributed by atoms with Gasteiger partial charge in [0.25, 0.3) is 0 Å². The molecule has 2 amide bonds. The van der Waals surface area contributed by atoms with Crippen molar-refractivity contribution in [3.05, 3.63) is 26.6 Å². The van der Waals surface area contributed by atoms with Crippen molar-refractivity contribution in [1.29, 1.82) is 0 Å². The highest BCUT2D eigenvalue weighted by molar-refractivity contribution is 9.11. The molecule has 19 heavy (non-hydrogen) atoms. The fourth-order valence-electron chi connectivity index (χ4n) is 1.34. The topological polar surface area (TPSA) is 67.4 Å². The van der Waals surface area contributed by atoms with Gasteiger partial charge in [0.2, 0.25) is 0 Å². The molecule has 0 radical (unpaired) electrons. The van der Waals surface area contributed by atoms with E-state index in [4.69, 9.17) is 4.74 Å². The third kappa shape index (κ3) is 5.20. The van der Waals surface area contributed by atoms with Crippen molar-refractivity contribution in [3.8, 4) is 0 Å². The third-order valence-electron chi connectivity index (χ3n) is 2.12. The largest absolute Gasteiger partial charge is 0.465 e. The van der Waals surface area contributed by atoms with Gasteiger partial charge in [0, 0.05) is 8.95 Å². The number of carbonyl (C=O) groups excluding carboxylic acids is 2. The first-order valence-corrected chi connectivity index (χ1v) is 7.18. The molecule has 104 valence electrons. The van der Waals surface area contributed by atoms with Crippen molar-refractivity contribution in [2.75, 3.05) is 18.5 Å². The van der Waals surface area contributed by atoms with Crippen LogP contribution in [0.3, 0.4) is 0 Å². The summed E-state index contributed by atoms with van der Waals surface area (Å²) >= 11 is 6.73. The summed E-state index contributed by atoms with van der Waals surface area (Å²) in [5.74, 6) is -0.473. The Bertz CT molecular complexity index is 469. The number of nitrogens with one attached hydrogen (secondary N) is 2. The Morgan fingerprint density at radius 1 is 1.26 bits per heavy atom. The Labute approximate surface area is 128 Å². The normalized spacial score (nSPS) is 9.89. The number of carbonyl (C=O) groups is 2. The zero-order valence-electron chi connectivity index (χ0n) is 10.5. The van der Waals surface area contributed by atoms with Gasteiger partial charge in [-0.05, 0) is 63.4 Å². The maximum Gasteiger partial charge on any atom is 0.325 e. The van der Waals surface area contributed by atoms with E-state index in [1.807, 2.05) is 19.1 Å². The smallest absolute Gasteiger partial charge is 0.325 e. The molecule has 1 aromatic carbocycles.